The van der Waals surface area contributed by atoms with E-state index in [1.165, 1.54) is 10.3 Å². The Balaban J connectivity index is 2.49. The monoisotopic (exact) mass is 542 g/mol. The number of likely N-dealkylation sites (N-methyl/N-ethyl adjacent to an activating group) is 2. The number of benzene rings is 2. The first-order valence-corrected chi connectivity index (χ1v) is 15.1. The lowest BCUT2D eigenvalue weighted by molar-refractivity contribution is 0.350. The van der Waals surface area contributed by atoms with E-state index in [-0.39, 0.29) is 5.75 Å². The molecule has 0 spiro atoms. The van der Waals surface area contributed by atoms with Crippen molar-refractivity contribution < 1.29 is 19.3 Å². The molecule has 0 aliphatic heterocycles. The second-order valence-corrected chi connectivity index (χ2v) is 12.3. The molecular formula is C24H34N2O4S4. The number of phenols is 1. The van der Waals surface area contributed by atoms with Gasteiger partial charge in [0.15, 0.2) is 23.0 Å². The normalized spacial score (nSPS) is 11.6. The predicted molar refractivity (Wildman–Crippen MR) is 150 cm³/mol. The maximum absolute atomic E-state index is 11.1. The highest BCUT2D eigenvalue weighted by Gasteiger charge is 2.23. The average molecular weight is 543 g/mol. The van der Waals surface area contributed by atoms with Gasteiger partial charge in [-0.15, -0.1) is 23.1 Å². The van der Waals surface area contributed by atoms with Crippen LogP contribution >= 0.6 is 43.8 Å². The fraction of sp³-hybridized carbons (Fsp3) is 0.500. The summed E-state index contributed by atoms with van der Waals surface area (Å²) in [5.41, 5.74) is 2.40. The molecule has 3 rings (SSSR count). The van der Waals surface area contributed by atoms with Gasteiger partial charge in [0.2, 0.25) is 0 Å². The molecule has 0 atom stereocenters. The highest BCUT2D eigenvalue weighted by atomic mass is 32.9. The summed E-state index contributed by atoms with van der Waals surface area (Å²) in [7, 11) is 16.6. The summed E-state index contributed by atoms with van der Waals surface area (Å²) in [5.74, 6) is 2.22. The Morgan fingerprint density at radius 3 is 2.00 bits per heavy atom. The minimum atomic E-state index is 0.190. The molecule has 10 heteroatoms. The first kappa shape index (κ1) is 27.2. The maximum atomic E-state index is 11.1. The number of methoxy groups -OCH3 is 3. The van der Waals surface area contributed by atoms with E-state index >= 15 is 0 Å². The zero-order chi connectivity index (χ0) is 25.0. The fourth-order valence-corrected chi connectivity index (χ4v) is 9.16. The molecule has 3 aromatic rings. The van der Waals surface area contributed by atoms with E-state index in [0.29, 0.717) is 5.75 Å². The average Bonchev–Trinajstić information content (AvgIpc) is 3.01. The maximum Gasteiger partial charge on any atom is 0.180 e. The van der Waals surface area contributed by atoms with Crippen LogP contribution < -0.4 is 14.2 Å². The van der Waals surface area contributed by atoms with Gasteiger partial charge in [0, 0.05) is 13.1 Å². The van der Waals surface area contributed by atoms with Crippen molar-refractivity contribution in [3.8, 4) is 23.0 Å². The van der Waals surface area contributed by atoms with E-state index in [1.54, 1.807) is 65.1 Å². The Bertz CT molecular complexity index is 1200. The standard InChI is InChI=1S/C24H34N2O4S4/c1-25(2)11-9-14-13-16(28-5)17(27)23-20(14)32-24-19(30-7)18(29-6)21(31-8)15(10-12-26(3)4)22(24)33-34-23/h13,27H,9-12H2,1-8H3. The van der Waals surface area contributed by atoms with Gasteiger partial charge in [-0.3, -0.25) is 0 Å². The number of thioether (sulfide) groups is 1. The minimum absolute atomic E-state index is 0.190. The number of hydrogen-bond donors (Lipinski definition) is 1. The van der Waals surface area contributed by atoms with Crippen LogP contribution in [0.25, 0.3) is 18.8 Å². The summed E-state index contributed by atoms with van der Waals surface area (Å²) >= 11 is 3.34. The largest absolute Gasteiger partial charge is 0.503 e. The van der Waals surface area contributed by atoms with Gasteiger partial charge in [-0.25, -0.2) is 0 Å². The van der Waals surface area contributed by atoms with Gasteiger partial charge in [0.05, 0.1) is 40.3 Å². The van der Waals surface area contributed by atoms with E-state index in [9.17, 15) is 5.11 Å². The number of phenolic OH excluding ortho intramolecular Hbond substituents is 1. The first-order chi connectivity index (χ1) is 16.3. The molecule has 0 fully saturated rings. The SMILES string of the molecule is COc1cc(CCN(C)C)c2sc3c(OC)c(OC)c(SC)c(CCN(C)C)c3ssc2c1O. The molecular weight excluding hydrogens is 509 g/mol. The lowest BCUT2D eigenvalue weighted by Crippen LogP contribution is -2.15. The molecule has 6 nitrogen and oxygen atoms in total. The minimum Gasteiger partial charge on any atom is -0.503 e. The molecule has 0 amide bonds. The molecule has 0 saturated heterocycles. The Morgan fingerprint density at radius 2 is 1.44 bits per heavy atom. The molecule has 0 bridgehead atoms. The van der Waals surface area contributed by atoms with Crippen molar-refractivity contribution in [2.24, 2.45) is 0 Å². The van der Waals surface area contributed by atoms with E-state index in [4.69, 9.17) is 14.2 Å². The second-order valence-electron chi connectivity index (χ2n) is 8.36. The van der Waals surface area contributed by atoms with Crippen LogP contribution in [0.4, 0.5) is 0 Å². The van der Waals surface area contributed by atoms with Crippen LogP contribution in [-0.4, -0.2) is 83.8 Å². The van der Waals surface area contributed by atoms with Crippen molar-refractivity contribution in [1.82, 2.24) is 9.80 Å². The van der Waals surface area contributed by atoms with Crippen LogP contribution in [0.15, 0.2) is 11.0 Å². The zero-order valence-corrected chi connectivity index (χ0v) is 24.4. The molecule has 188 valence electrons. The molecule has 0 radical (unpaired) electrons. The third-order valence-corrected chi connectivity index (χ3v) is 10.4. The third-order valence-electron chi connectivity index (χ3n) is 5.51. The Labute approximate surface area is 217 Å². The molecule has 0 saturated carbocycles. The lowest BCUT2D eigenvalue weighted by Gasteiger charge is -2.19. The first-order valence-electron chi connectivity index (χ1n) is 10.9. The van der Waals surface area contributed by atoms with Crippen molar-refractivity contribution in [3.05, 3.63) is 17.2 Å². The van der Waals surface area contributed by atoms with E-state index in [0.717, 1.165) is 62.0 Å². The van der Waals surface area contributed by atoms with E-state index in [2.05, 4.69) is 44.2 Å². The number of hydrogen-bond acceptors (Lipinski definition) is 10. The number of fused-ring (bicyclic) bond motifs is 2. The van der Waals surface area contributed by atoms with Gasteiger partial charge in [-0.05, 0) is 64.5 Å². The Hall–Kier alpha value is -1.43. The number of ether oxygens (including phenoxy) is 3. The van der Waals surface area contributed by atoms with Crippen molar-refractivity contribution >= 4 is 62.6 Å². The van der Waals surface area contributed by atoms with E-state index < -0.39 is 0 Å². The summed E-state index contributed by atoms with van der Waals surface area (Å²) in [5, 5.41) is 11.1. The summed E-state index contributed by atoms with van der Waals surface area (Å²) in [6, 6.07) is 1.97. The van der Waals surface area contributed by atoms with Crippen molar-refractivity contribution in [2.45, 2.75) is 17.7 Å². The number of nitrogens with zero attached hydrogens (tertiary/aromatic N) is 2. The summed E-state index contributed by atoms with van der Waals surface area (Å²) in [4.78, 5) is 5.46. The van der Waals surface area contributed by atoms with Crippen molar-refractivity contribution in [1.29, 1.82) is 0 Å². The Kier molecular flexibility index (Phi) is 9.59. The van der Waals surface area contributed by atoms with Crippen LogP contribution in [0.3, 0.4) is 0 Å². The van der Waals surface area contributed by atoms with Crippen LogP contribution in [0.2, 0.25) is 0 Å². The molecule has 1 N–H and O–H groups in total. The molecule has 0 unspecified atom stereocenters. The predicted octanol–water partition coefficient (Wildman–Crippen LogP) is 5.96. The third kappa shape index (κ3) is 5.52. The molecule has 1 aromatic heterocycles. The van der Waals surface area contributed by atoms with Crippen molar-refractivity contribution in [3.63, 3.8) is 0 Å². The van der Waals surface area contributed by atoms with E-state index in [1.807, 2.05) is 6.07 Å². The molecule has 0 aliphatic rings. The van der Waals surface area contributed by atoms with Gasteiger partial charge in [0.1, 0.15) is 4.70 Å². The Morgan fingerprint density at radius 1 is 0.824 bits per heavy atom. The van der Waals surface area contributed by atoms with Gasteiger partial charge < -0.3 is 29.1 Å². The molecule has 2 aromatic carbocycles. The van der Waals surface area contributed by atoms with Gasteiger partial charge >= 0.3 is 0 Å². The van der Waals surface area contributed by atoms with Crippen LogP contribution in [0.5, 0.6) is 23.0 Å². The molecule has 0 aliphatic carbocycles. The van der Waals surface area contributed by atoms with Crippen LogP contribution in [0.1, 0.15) is 11.1 Å². The van der Waals surface area contributed by atoms with Gasteiger partial charge in [-0.1, -0.05) is 20.7 Å². The number of aromatic hydroxyl groups is 1. The highest BCUT2D eigenvalue weighted by Crippen LogP contribution is 2.52. The second kappa shape index (κ2) is 12.0. The number of rotatable bonds is 10. The quantitative estimate of drug-likeness (QED) is 0.250. The topological polar surface area (TPSA) is 54.4 Å². The zero-order valence-electron chi connectivity index (χ0n) is 21.1. The lowest BCUT2D eigenvalue weighted by atomic mass is 10.1. The summed E-state index contributed by atoms with van der Waals surface area (Å²) in [6.07, 6.45) is 3.81. The fourth-order valence-electron chi connectivity index (χ4n) is 3.73. The van der Waals surface area contributed by atoms with Crippen LogP contribution in [-0.2, 0) is 12.8 Å². The highest BCUT2D eigenvalue weighted by molar-refractivity contribution is 7.98. The smallest absolute Gasteiger partial charge is 0.180 e. The molecule has 34 heavy (non-hydrogen) atoms. The summed E-state index contributed by atoms with van der Waals surface area (Å²) in [6.45, 7) is 1.82. The molecule has 1 heterocycles. The van der Waals surface area contributed by atoms with Crippen LogP contribution in [0, 0.1) is 0 Å². The van der Waals surface area contributed by atoms with Crippen molar-refractivity contribution in [2.75, 3.05) is 68.9 Å². The van der Waals surface area contributed by atoms with Gasteiger partial charge in [-0.2, -0.15) is 0 Å². The summed E-state index contributed by atoms with van der Waals surface area (Å²) < 4.78 is 21.5. The van der Waals surface area contributed by atoms with Gasteiger partial charge in [0.25, 0.3) is 0 Å².